The highest BCUT2D eigenvalue weighted by Gasteiger charge is 2.41. The maximum atomic E-state index is 13.2. The summed E-state index contributed by atoms with van der Waals surface area (Å²) >= 11 is 0. The Morgan fingerprint density at radius 1 is 1.09 bits per heavy atom. The maximum Gasteiger partial charge on any atom is 0.408 e. The number of hydroxylamine groups is 2. The summed E-state index contributed by atoms with van der Waals surface area (Å²) in [6.45, 7) is 0.361. The normalized spacial score (nSPS) is 20.8. The number of likely N-dealkylation sites (tertiary alicyclic amines) is 1. The molecule has 2 aliphatic rings. The smallest absolute Gasteiger partial charge is 0.408 e. The minimum Gasteiger partial charge on any atom is -0.465 e. The van der Waals surface area contributed by atoms with Crippen molar-refractivity contribution >= 4 is 23.6 Å². The number of carboxylic acid groups (broad SMARTS) is 1. The Hall–Kier alpha value is -3.51. The summed E-state index contributed by atoms with van der Waals surface area (Å²) in [5, 5.41) is 20.8. The molecule has 0 spiro atoms. The highest BCUT2D eigenvalue weighted by Crippen LogP contribution is 2.27. The van der Waals surface area contributed by atoms with E-state index in [1.165, 1.54) is 6.07 Å². The van der Waals surface area contributed by atoms with Gasteiger partial charge in [0.2, 0.25) is 0 Å². The Morgan fingerprint density at radius 2 is 1.81 bits per heavy atom. The van der Waals surface area contributed by atoms with E-state index in [-0.39, 0.29) is 35.4 Å². The lowest BCUT2D eigenvalue weighted by Gasteiger charge is -2.41. The predicted molar refractivity (Wildman–Crippen MR) is 111 cm³/mol. The molecule has 0 bridgehead atoms. The molecule has 0 unspecified atom stereocenters. The highest BCUT2D eigenvalue weighted by molar-refractivity contribution is 6.07. The van der Waals surface area contributed by atoms with Gasteiger partial charge < -0.3 is 5.11 Å². The van der Waals surface area contributed by atoms with Crippen molar-refractivity contribution in [2.75, 3.05) is 11.6 Å². The zero-order valence-corrected chi connectivity index (χ0v) is 17.0. The van der Waals surface area contributed by atoms with Gasteiger partial charge in [0.05, 0.1) is 23.9 Å². The van der Waals surface area contributed by atoms with Gasteiger partial charge in [-0.3, -0.25) is 24.5 Å². The molecule has 0 aromatic heterocycles. The second kappa shape index (κ2) is 9.32. The fourth-order valence-corrected chi connectivity index (χ4v) is 3.83. The molecular formula is C21H23N5O6. The number of hydrazine groups is 2. The van der Waals surface area contributed by atoms with Crippen LogP contribution in [0.5, 0.6) is 0 Å². The molecule has 4 rings (SSSR count). The minimum atomic E-state index is -1.25. The second-order valence-electron chi connectivity index (χ2n) is 7.52. The van der Waals surface area contributed by atoms with Gasteiger partial charge >= 0.3 is 6.09 Å². The number of para-hydroxylation sites is 1. The molecule has 168 valence electrons. The number of benzene rings is 2. The number of carbonyl (C=O) groups excluding carboxylic acids is 2. The van der Waals surface area contributed by atoms with Gasteiger partial charge in [-0.05, 0) is 30.5 Å². The Balaban J connectivity index is 1.44. The monoisotopic (exact) mass is 441 g/mol. The van der Waals surface area contributed by atoms with Crippen LogP contribution in [0.4, 0.5) is 10.5 Å². The molecule has 2 aromatic carbocycles. The molecule has 0 saturated carbocycles. The number of hydrogen-bond donors (Lipinski definition) is 4. The summed E-state index contributed by atoms with van der Waals surface area (Å²) in [5.41, 5.74) is 6.52. The summed E-state index contributed by atoms with van der Waals surface area (Å²) < 4.78 is 0. The van der Waals surface area contributed by atoms with E-state index >= 15 is 0 Å². The van der Waals surface area contributed by atoms with Gasteiger partial charge in [-0.2, -0.15) is 5.48 Å². The SMILES string of the molecule is O=C1c2ccccc2N(C(=O)[C@@H]2CC[C@@H](NOCc3ccccc3)CN2C(=O)O)NN1O. The molecule has 0 aliphatic carbocycles. The quantitative estimate of drug-likeness (QED) is 0.405. The topological polar surface area (TPSA) is 135 Å². The van der Waals surface area contributed by atoms with E-state index in [1.54, 1.807) is 18.2 Å². The minimum absolute atomic E-state index is 0.0395. The van der Waals surface area contributed by atoms with Gasteiger partial charge in [0.1, 0.15) is 6.04 Å². The van der Waals surface area contributed by atoms with E-state index in [1.807, 2.05) is 30.3 Å². The van der Waals surface area contributed by atoms with Gasteiger partial charge in [0, 0.05) is 6.54 Å². The summed E-state index contributed by atoms with van der Waals surface area (Å²) in [7, 11) is 0. The third-order valence-electron chi connectivity index (χ3n) is 5.43. The van der Waals surface area contributed by atoms with Gasteiger partial charge in [-0.25, -0.2) is 9.80 Å². The summed E-state index contributed by atoms with van der Waals surface area (Å²) in [4.78, 5) is 43.8. The Kier molecular flexibility index (Phi) is 6.32. The number of carbonyl (C=O) groups is 3. The molecule has 2 aliphatic heterocycles. The number of anilines is 1. The van der Waals surface area contributed by atoms with Crippen molar-refractivity contribution in [3.63, 3.8) is 0 Å². The van der Waals surface area contributed by atoms with Crippen molar-refractivity contribution in [1.82, 2.24) is 21.1 Å². The Labute approximate surface area is 183 Å². The first kappa shape index (κ1) is 21.7. The van der Waals surface area contributed by atoms with Crippen LogP contribution in [-0.2, 0) is 16.2 Å². The van der Waals surface area contributed by atoms with E-state index in [0.717, 1.165) is 15.5 Å². The standard InChI is InChI=1S/C21H23N5O6/c27-19-16-8-4-5-9-17(16)25(23-26(19)31)20(28)18-11-10-15(12-24(18)21(29)30)22-32-13-14-6-2-1-3-7-14/h1-9,15,18,22-23,31H,10-13H2,(H,29,30)/t15-,18+/m1/s1. The zero-order chi connectivity index (χ0) is 22.7. The van der Waals surface area contributed by atoms with Crippen LogP contribution >= 0.6 is 0 Å². The molecule has 4 N–H and O–H groups in total. The highest BCUT2D eigenvalue weighted by atomic mass is 16.6. The number of amides is 3. The summed E-state index contributed by atoms with van der Waals surface area (Å²) in [6.07, 6.45) is -0.524. The van der Waals surface area contributed by atoms with Crippen LogP contribution in [0.25, 0.3) is 0 Å². The molecule has 32 heavy (non-hydrogen) atoms. The van der Waals surface area contributed by atoms with Crippen molar-refractivity contribution in [3.8, 4) is 0 Å². The third-order valence-corrected chi connectivity index (χ3v) is 5.43. The zero-order valence-electron chi connectivity index (χ0n) is 17.0. The van der Waals surface area contributed by atoms with Crippen LogP contribution in [-0.4, -0.2) is 56.9 Å². The molecule has 1 saturated heterocycles. The lowest BCUT2D eigenvalue weighted by atomic mass is 9.98. The van der Waals surface area contributed by atoms with Gasteiger partial charge in [0.25, 0.3) is 11.8 Å². The number of nitrogens with zero attached hydrogens (tertiary/aromatic N) is 3. The molecule has 2 atom stereocenters. The molecule has 1 fully saturated rings. The lowest BCUT2D eigenvalue weighted by Crippen LogP contribution is -2.64. The Bertz CT molecular complexity index is 1000. The van der Waals surface area contributed by atoms with E-state index < -0.39 is 23.9 Å². The number of rotatable bonds is 5. The largest absolute Gasteiger partial charge is 0.465 e. The average molecular weight is 441 g/mol. The van der Waals surface area contributed by atoms with E-state index in [4.69, 9.17) is 4.84 Å². The van der Waals surface area contributed by atoms with Gasteiger partial charge in [0.15, 0.2) is 0 Å². The van der Waals surface area contributed by atoms with E-state index in [9.17, 15) is 24.7 Å². The molecular weight excluding hydrogens is 418 g/mol. The molecule has 11 nitrogen and oxygen atoms in total. The fraction of sp³-hybridized carbons (Fsp3) is 0.286. The van der Waals surface area contributed by atoms with E-state index in [0.29, 0.717) is 13.0 Å². The lowest BCUT2D eigenvalue weighted by molar-refractivity contribution is -0.135. The first-order valence-electron chi connectivity index (χ1n) is 10.1. The third kappa shape index (κ3) is 4.41. The molecule has 2 heterocycles. The van der Waals surface area contributed by atoms with Crippen LogP contribution in [0.2, 0.25) is 0 Å². The number of fused-ring (bicyclic) bond motifs is 1. The Morgan fingerprint density at radius 3 is 2.56 bits per heavy atom. The van der Waals surface area contributed by atoms with E-state index in [2.05, 4.69) is 11.0 Å². The number of nitrogens with one attached hydrogen (secondary N) is 2. The molecule has 2 aromatic rings. The van der Waals surface area contributed by atoms with Crippen molar-refractivity contribution in [3.05, 3.63) is 65.7 Å². The number of hydrogen-bond acceptors (Lipinski definition) is 7. The molecule has 0 radical (unpaired) electrons. The fourth-order valence-electron chi connectivity index (χ4n) is 3.83. The summed E-state index contributed by atoms with van der Waals surface area (Å²) in [6, 6.07) is 14.5. The average Bonchev–Trinajstić information content (AvgIpc) is 2.81. The first-order chi connectivity index (χ1) is 15.5. The van der Waals surface area contributed by atoms with Crippen molar-refractivity contribution in [2.24, 2.45) is 0 Å². The predicted octanol–water partition coefficient (Wildman–Crippen LogP) is 1.52. The second-order valence-corrected chi connectivity index (χ2v) is 7.52. The van der Waals surface area contributed by atoms with Crippen molar-refractivity contribution < 1.29 is 29.5 Å². The van der Waals surface area contributed by atoms with Crippen molar-refractivity contribution in [1.29, 1.82) is 0 Å². The van der Waals surface area contributed by atoms with Crippen LogP contribution in [0, 0.1) is 0 Å². The molecule has 3 amide bonds. The first-order valence-corrected chi connectivity index (χ1v) is 10.1. The van der Waals surface area contributed by atoms with Crippen LogP contribution in [0.1, 0.15) is 28.8 Å². The van der Waals surface area contributed by atoms with Crippen LogP contribution in [0.3, 0.4) is 0 Å². The van der Waals surface area contributed by atoms with Crippen LogP contribution < -0.4 is 16.0 Å². The molecule has 11 heteroatoms. The van der Waals surface area contributed by atoms with Crippen molar-refractivity contribution in [2.45, 2.75) is 31.5 Å². The summed E-state index contributed by atoms with van der Waals surface area (Å²) in [5.74, 6) is -1.32. The maximum absolute atomic E-state index is 13.2. The van der Waals surface area contributed by atoms with Gasteiger partial charge in [-0.1, -0.05) is 42.5 Å². The van der Waals surface area contributed by atoms with Crippen LogP contribution in [0.15, 0.2) is 54.6 Å². The number of piperidine rings is 1. The van der Waals surface area contributed by atoms with Gasteiger partial charge in [-0.15, -0.1) is 10.7 Å².